The van der Waals surface area contributed by atoms with Gasteiger partial charge in [0.05, 0.1) is 27.1 Å². The summed E-state index contributed by atoms with van der Waals surface area (Å²) in [5.41, 5.74) is 8.84. The first-order chi connectivity index (χ1) is 27.0. The van der Waals surface area contributed by atoms with E-state index in [1.165, 1.54) is 29.6 Å². The van der Waals surface area contributed by atoms with Gasteiger partial charge in [-0.05, 0) is 73.7 Å². The molecule has 0 atom stereocenters. The summed E-state index contributed by atoms with van der Waals surface area (Å²) >= 11 is 6.22. The van der Waals surface area contributed by atoms with Crippen LogP contribution in [-0.2, 0) is 14.3 Å². The number of carbonyl (C=O) groups excluding carboxylic acids is 3. The summed E-state index contributed by atoms with van der Waals surface area (Å²) in [5.74, 6) is 0.357. The third-order valence-corrected chi connectivity index (χ3v) is 11.8. The highest BCUT2D eigenvalue weighted by atomic mass is 79.9. The number of hydrogen-bond acceptors (Lipinski definition) is 12. The lowest BCUT2D eigenvalue weighted by molar-refractivity contribution is -0.114. The van der Waals surface area contributed by atoms with Gasteiger partial charge in [-0.3, -0.25) is 4.79 Å². The number of fused-ring (bicyclic) bond motifs is 2. The van der Waals surface area contributed by atoms with E-state index in [1.807, 2.05) is 54.6 Å². The zero-order valence-corrected chi connectivity index (χ0v) is 36.5. The molecule has 0 fully saturated rings. The number of rotatable bonds is 18. The molecule has 2 aromatic heterocycles. The Hall–Kier alpha value is -4.21. The fourth-order valence-corrected chi connectivity index (χ4v) is 8.96. The summed E-state index contributed by atoms with van der Waals surface area (Å²) in [6.45, 7) is 20.7. The van der Waals surface area contributed by atoms with E-state index in [4.69, 9.17) is 24.7 Å². The van der Waals surface area contributed by atoms with Gasteiger partial charge in [-0.1, -0.05) is 70.2 Å². The van der Waals surface area contributed by atoms with Gasteiger partial charge in [0.2, 0.25) is 5.91 Å². The average Bonchev–Trinajstić information content (AvgIpc) is 3.73. The lowest BCUT2D eigenvalue weighted by atomic mass is 10.0. The van der Waals surface area contributed by atoms with E-state index >= 15 is 0 Å². The summed E-state index contributed by atoms with van der Waals surface area (Å²) in [5, 5.41) is 5.22. The highest BCUT2D eigenvalue weighted by Crippen LogP contribution is 2.46. The topological polar surface area (TPSA) is 133 Å². The van der Waals surface area contributed by atoms with Crippen molar-refractivity contribution in [2.75, 3.05) is 76.7 Å². The molecule has 14 heteroatoms. The van der Waals surface area contributed by atoms with Crippen LogP contribution in [0.1, 0.15) is 69.2 Å². The summed E-state index contributed by atoms with van der Waals surface area (Å²) in [4.78, 5) is 41.3. The van der Waals surface area contributed by atoms with E-state index in [0.717, 1.165) is 80.8 Å². The third-order valence-electron chi connectivity index (χ3n) is 9.03. The van der Waals surface area contributed by atoms with Gasteiger partial charge in [-0.2, -0.15) is 0 Å². The highest BCUT2D eigenvalue weighted by Gasteiger charge is 2.25. The van der Waals surface area contributed by atoms with Crippen LogP contribution in [0.3, 0.4) is 0 Å². The van der Waals surface area contributed by atoms with Gasteiger partial charge in [0.1, 0.15) is 40.1 Å². The van der Waals surface area contributed by atoms with Crippen LogP contribution in [0.2, 0.25) is 0 Å². The molecule has 3 aromatic carbocycles. The van der Waals surface area contributed by atoms with Crippen molar-refractivity contribution in [1.82, 2.24) is 9.80 Å². The SMILES string of the molecule is CCOC(=O)c1c(N)sc2c(OCCN(CC)CC)c(Br)ccc12.CCOC(=O)c1c(NC(C)=O)sc2c(OCCN(CC)CC)c(-c3ccccc3)ccc12. The van der Waals surface area contributed by atoms with Crippen molar-refractivity contribution < 1.29 is 33.3 Å². The molecule has 11 nitrogen and oxygen atoms in total. The Morgan fingerprint density at radius 2 is 1.21 bits per heavy atom. The fourth-order valence-electron chi connectivity index (χ4n) is 6.09. The zero-order chi connectivity index (χ0) is 40.8. The summed E-state index contributed by atoms with van der Waals surface area (Å²) in [7, 11) is 0. The molecule has 1 amide bonds. The average molecular weight is 870 g/mol. The van der Waals surface area contributed by atoms with Crippen LogP contribution in [0.15, 0.2) is 59.1 Å². The van der Waals surface area contributed by atoms with Gasteiger partial charge in [0.25, 0.3) is 0 Å². The van der Waals surface area contributed by atoms with Crippen LogP contribution >= 0.6 is 38.6 Å². The Bertz CT molecular complexity index is 2080. The molecule has 0 spiro atoms. The van der Waals surface area contributed by atoms with Crippen LogP contribution < -0.4 is 20.5 Å². The van der Waals surface area contributed by atoms with Crippen LogP contribution in [0.25, 0.3) is 31.3 Å². The number of nitrogen functional groups attached to an aromatic ring is 1. The Labute approximate surface area is 346 Å². The quantitative estimate of drug-likeness (QED) is 0.0821. The Balaban J connectivity index is 0.000000259. The fraction of sp³-hybridized carbons (Fsp3) is 0.405. The van der Waals surface area contributed by atoms with Crippen molar-refractivity contribution in [1.29, 1.82) is 0 Å². The first-order valence-electron chi connectivity index (χ1n) is 19.0. The highest BCUT2D eigenvalue weighted by molar-refractivity contribution is 9.10. The molecule has 0 unspecified atom stereocenters. The number of hydrogen-bond donors (Lipinski definition) is 2. The van der Waals surface area contributed by atoms with Crippen LogP contribution in [0, 0.1) is 0 Å². The number of anilines is 2. The number of halogens is 1. The molecule has 0 aliphatic carbocycles. The van der Waals surface area contributed by atoms with Crippen molar-refractivity contribution in [3.63, 3.8) is 0 Å². The number of amides is 1. The number of benzene rings is 3. The first-order valence-corrected chi connectivity index (χ1v) is 21.4. The Morgan fingerprint density at radius 1 is 0.696 bits per heavy atom. The standard InChI is InChI=1S/C25H30N2O4S.C17H23BrN2O3S/c1-5-27(6-2)15-16-31-22-19(18-11-9-8-10-12-18)13-14-20-21(25(29)30-7-3)24(26-17(4)28)32-23(20)22;1-4-20(5-2)9-10-23-14-12(18)8-7-11-13(17(21)22-6-3)16(19)24-15(11)14/h8-14H,5-7,15-16H2,1-4H3,(H,26,28);7-8H,4-6,9-10,19H2,1-3H3. The number of nitrogens with one attached hydrogen (secondary N) is 1. The van der Waals surface area contributed by atoms with Crippen molar-refractivity contribution in [3.05, 3.63) is 70.2 Å². The first kappa shape index (κ1) is 44.5. The van der Waals surface area contributed by atoms with Gasteiger partial charge in [-0.15, -0.1) is 22.7 Å². The van der Waals surface area contributed by atoms with Crippen LogP contribution in [0.4, 0.5) is 10.0 Å². The molecule has 0 bridgehead atoms. The van der Waals surface area contributed by atoms with Gasteiger partial charge in [0.15, 0.2) is 5.75 Å². The molecule has 0 radical (unpaired) electrons. The maximum atomic E-state index is 12.8. The second-order valence-corrected chi connectivity index (χ2v) is 15.4. The molecule has 0 saturated heterocycles. The maximum absolute atomic E-state index is 12.8. The van der Waals surface area contributed by atoms with E-state index in [0.29, 0.717) is 46.7 Å². The van der Waals surface area contributed by atoms with Crippen molar-refractivity contribution in [2.24, 2.45) is 0 Å². The number of esters is 2. The molecule has 5 rings (SSSR count). The van der Waals surface area contributed by atoms with Crippen molar-refractivity contribution in [2.45, 2.75) is 48.5 Å². The molecule has 3 N–H and O–H groups in total. The predicted octanol–water partition coefficient (Wildman–Crippen LogP) is 9.57. The number of likely N-dealkylation sites (N-methyl/N-ethyl adjacent to an activating group) is 2. The molecule has 5 aromatic rings. The van der Waals surface area contributed by atoms with E-state index in [1.54, 1.807) is 13.8 Å². The summed E-state index contributed by atoms with van der Waals surface area (Å²) in [6.07, 6.45) is 0. The lowest BCUT2D eigenvalue weighted by Crippen LogP contribution is -2.28. The molecule has 0 aliphatic heterocycles. The molecule has 302 valence electrons. The number of nitrogens with zero attached hydrogens (tertiary/aromatic N) is 2. The van der Waals surface area contributed by atoms with Gasteiger partial charge in [-0.25, -0.2) is 9.59 Å². The minimum atomic E-state index is -0.455. The molecular formula is C42H53BrN4O7S2. The lowest BCUT2D eigenvalue weighted by Gasteiger charge is -2.19. The monoisotopic (exact) mass is 868 g/mol. The molecule has 56 heavy (non-hydrogen) atoms. The summed E-state index contributed by atoms with van der Waals surface area (Å²) in [6, 6.07) is 17.6. The minimum Gasteiger partial charge on any atom is -0.490 e. The van der Waals surface area contributed by atoms with E-state index in [9.17, 15) is 14.4 Å². The van der Waals surface area contributed by atoms with Gasteiger partial charge < -0.3 is 39.8 Å². The van der Waals surface area contributed by atoms with Crippen LogP contribution in [-0.4, -0.2) is 93.3 Å². The van der Waals surface area contributed by atoms with Crippen molar-refractivity contribution >= 4 is 86.6 Å². The normalized spacial score (nSPS) is 11.1. The molecule has 0 saturated carbocycles. The smallest absolute Gasteiger partial charge is 0.341 e. The van der Waals surface area contributed by atoms with Crippen molar-refractivity contribution in [3.8, 4) is 22.6 Å². The molecular weight excluding hydrogens is 817 g/mol. The second-order valence-electron chi connectivity index (χ2n) is 12.5. The second kappa shape index (κ2) is 21.9. The number of thiophene rings is 2. The Kier molecular flexibility index (Phi) is 17.4. The van der Waals surface area contributed by atoms with Crippen LogP contribution in [0.5, 0.6) is 11.5 Å². The molecule has 2 heterocycles. The van der Waals surface area contributed by atoms with Gasteiger partial charge >= 0.3 is 11.9 Å². The van der Waals surface area contributed by atoms with E-state index < -0.39 is 11.9 Å². The summed E-state index contributed by atoms with van der Waals surface area (Å²) < 4.78 is 25.3. The molecule has 0 aliphatic rings. The predicted molar refractivity (Wildman–Crippen MR) is 234 cm³/mol. The number of ether oxygens (including phenoxy) is 4. The number of nitrogens with two attached hydrogens (primary N) is 1. The number of carbonyl (C=O) groups is 3. The largest absolute Gasteiger partial charge is 0.490 e. The van der Waals surface area contributed by atoms with E-state index in [2.05, 4.69) is 58.7 Å². The van der Waals surface area contributed by atoms with Gasteiger partial charge in [0, 0.05) is 36.3 Å². The van der Waals surface area contributed by atoms with E-state index in [-0.39, 0.29) is 12.5 Å². The third kappa shape index (κ3) is 11.0. The maximum Gasteiger partial charge on any atom is 0.341 e. The minimum absolute atomic E-state index is 0.241. The zero-order valence-electron chi connectivity index (χ0n) is 33.3. The Morgan fingerprint density at radius 3 is 1.77 bits per heavy atom.